The standard InChI is InChI=1S/C25H26N2O/c1-19-12-14-22(15-13-19)26-24(17-21-10-6-3-7-11-21)25-18-23(27-28-25)16-20-8-4-2-5-9-20/h2-15,18,24-27H,16-17H2,1H3. The van der Waals surface area contributed by atoms with Gasteiger partial charge >= 0.3 is 0 Å². The number of anilines is 1. The molecule has 0 saturated heterocycles. The Labute approximate surface area is 167 Å². The maximum absolute atomic E-state index is 5.96. The van der Waals surface area contributed by atoms with E-state index < -0.39 is 0 Å². The first-order valence-corrected chi connectivity index (χ1v) is 9.80. The molecule has 0 fully saturated rings. The zero-order valence-corrected chi connectivity index (χ0v) is 16.1. The van der Waals surface area contributed by atoms with Gasteiger partial charge in [-0.1, -0.05) is 78.4 Å². The molecule has 1 heterocycles. The van der Waals surface area contributed by atoms with Crippen molar-refractivity contribution in [3.05, 3.63) is 113 Å². The lowest BCUT2D eigenvalue weighted by Crippen LogP contribution is -2.36. The van der Waals surface area contributed by atoms with Gasteiger partial charge in [0.15, 0.2) is 0 Å². The third kappa shape index (κ3) is 4.81. The second kappa shape index (κ2) is 8.77. The first-order valence-electron chi connectivity index (χ1n) is 9.80. The second-order valence-electron chi connectivity index (χ2n) is 7.35. The van der Waals surface area contributed by atoms with Gasteiger partial charge in [-0.15, -0.1) is 0 Å². The summed E-state index contributed by atoms with van der Waals surface area (Å²) in [5, 5.41) is 3.67. The summed E-state index contributed by atoms with van der Waals surface area (Å²) in [6, 6.07) is 29.7. The lowest BCUT2D eigenvalue weighted by Gasteiger charge is -2.24. The lowest BCUT2D eigenvalue weighted by molar-refractivity contribution is 0.0315. The van der Waals surface area contributed by atoms with Crippen LogP contribution in [0.5, 0.6) is 0 Å². The van der Waals surface area contributed by atoms with Crippen molar-refractivity contribution in [2.24, 2.45) is 0 Å². The number of hydrogen-bond donors (Lipinski definition) is 2. The van der Waals surface area contributed by atoms with Crippen molar-refractivity contribution in [3.8, 4) is 0 Å². The predicted octanol–water partition coefficient (Wildman–Crippen LogP) is 5.05. The molecular weight excluding hydrogens is 344 g/mol. The van der Waals surface area contributed by atoms with Crippen molar-refractivity contribution in [3.63, 3.8) is 0 Å². The van der Waals surface area contributed by atoms with E-state index in [1.807, 2.05) is 6.07 Å². The van der Waals surface area contributed by atoms with Gasteiger partial charge in [0.05, 0.1) is 6.04 Å². The van der Waals surface area contributed by atoms with Crippen molar-refractivity contribution in [1.82, 2.24) is 5.48 Å². The molecule has 0 radical (unpaired) electrons. The molecule has 1 aliphatic heterocycles. The Balaban J connectivity index is 1.51. The molecule has 0 saturated carbocycles. The molecule has 0 bridgehead atoms. The molecule has 3 aromatic carbocycles. The van der Waals surface area contributed by atoms with Gasteiger partial charge in [0.2, 0.25) is 0 Å². The highest BCUT2D eigenvalue weighted by molar-refractivity contribution is 5.46. The number of hydroxylamine groups is 1. The van der Waals surface area contributed by atoms with Crippen molar-refractivity contribution >= 4 is 5.69 Å². The van der Waals surface area contributed by atoms with E-state index in [2.05, 4.69) is 103 Å². The van der Waals surface area contributed by atoms with Gasteiger partial charge in [0.1, 0.15) is 6.10 Å². The molecule has 0 aliphatic carbocycles. The number of rotatable bonds is 7. The van der Waals surface area contributed by atoms with Crippen LogP contribution in [0.25, 0.3) is 0 Å². The van der Waals surface area contributed by atoms with Crippen LogP contribution < -0.4 is 10.8 Å². The van der Waals surface area contributed by atoms with Crippen LogP contribution in [-0.4, -0.2) is 12.1 Å². The maximum Gasteiger partial charge on any atom is 0.126 e. The summed E-state index contributed by atoms with van der Waals surface area (Å²) in [7, 11) is 0. The first kappa shape index (κ1) is 18.3. The zero-order valence-electron chi connectivity index (χ0n) is 16.1. The Kier molecular flexibility index (Phi) is 5.74. The average Bonchev–Trinajstić information content (AvgIpc) is 3.19. The molecule has 0 aromatic heterocycles. The van der Waals surface area contributed by atoms with Crippen molar-refractivity contribution in [2.75, 3.05) is 5.32 Å². The molecule has 3 aromatic rings. The summed E-state index contributed by atoms with van der Waals surface area (Å²) < 4.78 is 0. The van der Waals surface area contributed by atoms with Gasteiger partial charge in [0.25, 0.3) is 0 Å². The van der Waals surface area contributed by atoms with Gasteiger partial charge in [-0.3, -0.25) is 10.3 Å². The quantitative estimate of drug-likeness (QED) is 0.611. The van der Waals surface area contributed by atoms with Crippen LogP contribution >= 0.6 is 0 Å². The molecule has 2 N–H and O–H groups in total. The van der Waals surface area contributed by atoms with Crippen molar-refractivity contribution in [1.29, 1.82) is 0 Å². The minimum Gasteiger partial charge on any atom is -0.379 e. The van der Waals surface area contributed by atoms with E-state index in [-0.39, 0.29) is 12.1 Å². The van der Waals surface area contributed by atoms with Crippen LogP contribution in [0.15, 0.2) is 96.7 Å². The Morgan fingerprint density at radius 2 is 1.50 bits per heavy atom. The van der Waals surface area contributed by atoms with Crippen molar-refractivity contribution < 1.29 is 4.84 Å². The summed E-state index contributed by atoms with van der Waals surface area (Å²) >= 11 is 0. The summed E-state index contributed by atoms with van der Waals surface area (Å²) in [6.45, 7) is 2.10. The van der Waals surface area contributed by atoms with Crippen molar-refractivity contribution in [2.45, 2.75) is 31.9 Å². The van der Waals surface area contributed by atoms with Crippen LogP contribution in [0.4, 0.5) is 5.69 Å². The predicted molar refractivity (Wildman–Crippen MR) is 115 cm³/mol. The van der Waals surface area contributed by atoms with E-state index in [4.69, 9.17) is 4.84 Å². The van der Waals surface area contributed by atoms with Crippen LogP contribution in [0.3, 0.4) is 0 Å². The third-order valence-electron chi connectivity index (χ3n) is 5.03. The molecule has 28 heavy (non-hydrogen) atoms. The highest BCUT2D eigenvalue weighted by Crippen LogP contribution is 2.21. The van der Waals surface area contributed by atoms with E-state index >= 15 is 0 Å². The molecule has 0 amide bonds. The van der Waals surface area contributed by atoms with Crippen LogP contribution in [0.2, 0.25) is 0 Å². The fourth-order valence-electron chi connectivity index (χ4n) is 3.50. The fraction of sp³-hybridized carbons (Fsp3) is 0.200. The highest BCUT2D eigenvalue weighted by atomic mass is 16.7. The molecule has 1 aliphatic rings. The van der Waals surface area contributed by atoms with Gasteiger partial charge in [-0.05, 0) is 42.7 Å². The molecule has 4 rings (SSSR count). The van der Waals surface area contributed by atoms with Crippen LogP contribution in [-0.2, 0) is 17.7 Å². The largest absolute Gasteiger partial charge is 0.379 e. The zero-order chi connectivity index (χ0) is 19.2. The number of aryl methyl sites for hydroxylation is 1. The van der Waals surface area contributed by atoms with E-state index in [0.717, 1.165) is 24.2 Å². The van der Waals surface area contributed by atoms with Gasteiger partial charge in [-0.25, -0.2) is 0 Å². The number of allylic oxidation sites excluding steroid dienone is 1. The Bertz CT molecular complexity index is 904. The molecule has 2 unspecified atom stereocenters. The minimum atomic E-state index is -0.0415. The lowest BCUT2D eigenvalue weighted by atomic mass is 9.99. The van der Waals surface area contributed by atoms with Gasteiger partial charge in [0, 0.05) is 17.8 Å². The molecule has 3 heteroatoms. The third-order valence-corrected chi connectivity index (χ3v) is 5.03. The van der Waals surface area contributed by atoms with Gasteiger partial charge < -0.3 is 5.32 Å². The molecule has 2 atom stereocenters. The Morgan fingerprint density at radius 3 is 2.18 bits per heavy atom. The number of benzene rings is 3. The second-order valence-corrected chi connectivity index (χ2v) is 7.35. The summed E-state index contributed by atoms with van der Waals surface area (Å²) in [4.78, 5) is 5.96. The first-order chi connectivity index (χ1) is 13.8. The normalized spacial score (nSPS) is 16.9. The van der Waals surface area contributed by atoms with Crippen LogP contribution in [0, 0.1) is 6.92 Å². The maximum atomic E-state index is 5.96. The summed E-state index contributed by atoms with van der Waals surface area (Å²) in [6.07, 6.45) is 3.90. The Morgan fingerprint density at radius 1 is 0.857 bits per heavy atom. The van der Waals surface area contributed by atoms with E-state index in [1.54, 1.807) is 0 Å². The molecule has 3 nitrogen and oxygen atoms in total. The number of nitrogens with one attached hydrogen (secondary N) is 2. The van der Waals surface area contributed by atoms with Crippen LogP contribution in [0.1, 0.15) is 16.7 Å². The Hall–Kier alpha value is -3.04. The number of hydrogen-bond acceptors (Lipinski definition) is 3. The minimum absolute atomic E-state index is 0.0415. The SMILES string of the molecule is Cc1ccc(NC(Cc2ccccc2)C2C=C(Cc3ccccc3)NO2)cc1. The fourth-order valence-corrected chi connectivity index (χ4v) is 3.50. The molecule has 0 spiro atoms. The topological polar surface area (TPSA) is 33.3 Å². The average molecular weight is 370 g/mol. The van der Waals surface area contributed by atoms with Gasteiger partial charge in [-0.2, -0.15) is 0 Å². The summed E-state index contributed by atoms with van der Waals surface area (Å²) in [5.41, 5.74) is 9.18. The molecule has 142 valence electrons. The van der Waals surface area contributed by atoms with E-state index in [1.165, 1.54) is 16.7 Å². The highest BCUT2D eigenvalue weighted by Gasteiger charge is 2.26. The smallest absolute Gasteiger partial charge is 0.126 e. The monoisotopic (exact) mass is 370 g/mol. The van der Waals surface area contributed by atoms with E-state index in [9.17, 15) is 0 Å². The van der Waals surface area contributed by atoms with E-state index in [0.29, 0.717) is 0 Å². The molecular formula is C25H26N2O. The summed E-state index contributed by atoms with van der Waals surface area (Å²) in [5.74, 6) is 0.